The van der Waals surface area contributed by atoms with Gasteiger partial charge >= 0.3 is 0 Å². The summed E-state index contributed by atoms with van der Waals surface area (Å²) in [6.07, 6.45) is 17.5. The maximum atomic E-state index is 11.9. The summed E-state index contributed by atoms with van der Waals surface area (Å²) in [5, 5.41) is 2.86. The topological polar surface area (TPSA) is 72.2 Å². The van der Waals surface area contributed by atoms with E-state index in [1.54, 1.807) is 24.3 Å². The molecule has 0 radical (unpaired) electrons. The number of nitrogens with one attached hydrogen (secondary N) is 1. The molecule has 0 aromatic heterocycles. The number of rotatable bonds is 16. The van der Waals surface area contributed by atoms with Crippen LogP contribution < -0.4 is 11.1 Å². The van der Waals surface area contributed by atoms with Gasteiger partial charge in [0.25, 0.3) is 0 Å². The lowest BCUT2D eigenvalue weighted by atomic mass is 10.0. The van der Waals surface area contributed by atoms with Crippen molar-refractivity contribution < 1.29 is 9.59 Å². The van der Waals surface area contributed by atoms with E-state index >= 15 is 0 Å². The molecule has 0 aliphatic heterocycles. The van der Waals surface area contributed by atoms with E-state index < -0.39 is 5.91 Å². The number of hydrogen-bond acceptors (Lipinski definition) is 2. The average molecular weight is 375 g/mol. The molecule has 0 atom stereocenters. The molecule has 3 N–H and O–H groups in total. The van der Waals surface area contributed by atoms with Gasteiger partial charge in [0.15, 0.2) is 0 Å². The fourth-order valence-corrected chi connectivity index (χ4v) is 3.24. The molecule has 4 heteroatoms. The lowest BCUT2D eigenvalue weighted by Crippen LogP contribution is -2.13. The number of carbonyl (C=O) groups is 2. The number of anilines is 1. The number of hydrogen-bond donors (Lipinski definition) is 2. The molecule has 0 aliphatic carbocycles. The lowest BCUT2D eigenvalue weighted by Gasteiger charge is -2.06. The van der Waals surface area contributed by atoms with Gasteiger partial charge in [-0.2, -0.15) is 0 Å². The van der Waals surface area contributed by atoms with Crippen molar-refractivity contribution >= 4 is 17.5 Å². The van der Waals surface area contributed by atoms with E-state index in [1.165, 1.54) is 70.6 Å². The van der Waals surface area contributed by atoms with Crippen LogP contribution in [0.3, 0.4) is 0 Å². The minimum absolute atomic E-state index is 0.0323. The van der Waals surface area contributed by atoms with Crippen molar-refractivity contribution in [2.24, 2.45) is 5.73 Å². The first-order valence-electron chi connectivity index (χ1n) is 10.8. The summed E-state index contributed by atoms with van der Waals surface area (Å²) in [7, 11) is 0. The summed E-state index contributed by atoms with van der Waals surface area (Å²) in [6, 6.07) is 6.68. The fourth-order valence-electron chi connectivity index (χ4n) is 3.24. The zero-order chi connectivity index (χ0) is 19.7. The number of nitrogens with two attached hydrogens (primary N) is 1. The van der Waals surface area contributed by atoms with Gasteiger partial charge in [-0.3, -0.25) is 9.59 Å². The molecular formula is C23H38N2O2. The molecule has 4 nitrogen and oxygen atoms in total. The number of amides is 2. The molecule has 1 aromatic carbocycles. The van der Waals surface area contributed by atoms with Gasteiger partial charge in [-0.25, -0.2) is 0 Å². The number of primary amides is 1. The van der Waals surface area contributed by atoms with Crippen molar-refractivity contribution in [3.8, 4) is 0 Å². The molecule has 152 valence electrons. The van der Waals surface area contributed by atoms with E-state index in [-0.39, 0.29) is 5.91 Å². The van der Waals surface area contributed by atoms with Crippen LogP contribution in [0.15, 0.2) is 24.3 Å². The van der Waals surface area contributed by atoms with E-state index in [0.29, 0.717) is 17.7 Å². The number of unbranched alkanes of at least 4 members (excludes halogenated alkanes) is 12. The molecular weight excluding hydrogens is 336 g/mol. The third kappa shape index (κ3) is 12.2. The Morgan fingerprint density at radius 3 is 1.63 bits per heavy atom. The van der Waals surface area contributed by atoms with E-state index in [0.717, 1.165) is 12.8 Å². The van der Waals surface area contributed by atoms with Crippen molar-refractivity contribution in [3.63, 3.8) is 0 Å². The third-order valence-electron chi connectivity index (χ3n) is 4.96. The van der Waals surface area contributed by atoms with E-state index in [1.807, 2.05) is 0 Å². The molecule has 1 rings (SSSR count). The molecule has 0 saturated carbocycles. The zero-order valence-corrected chi connectivity index (χ0v) is 17.1. The zero-order valence-electron chi connectivity index (χ0n) is 17.1. The predicted octanol–water partition coefficient (Wildman–Crippen LogP) is 6.21. The summed E-state index contributed by atoms with van der Waals surface area (Å²) in [5.74, 6) is -0.426. The van der Waals surface area contributed by atoms with Gasteiger partial charge in [-0.1, -0.05) is 84.0 Å². The Bertz CT molecular complexity index is 526. The van der Waals surface area contributed by atoms with Crippen LogP contribution in [0.4, 0.5) is 5.69 Å². The molecule has 0 saturated heterocycles. The van der Waals surface area contributed by atoms with Gasteiger partial charge in [-0.05, 0) is 30.7 Å². The second-order valence-electron chi connectivity index (χ2n) is 7.48. The lowest BCUT2D eigenvalue weighted by molar-refractivity contribution is -0.116. The Morgan fingerprint density at radius 1 is 0.741 bits per heavy atom. The molecule has 27 heavy (non-hydrogen) atoms. The fraction of sp³-hybridized carbons (Fsp3) is 0.652. The van der Waals surface area contributed by atoms with Crippen LogP contribution in [0.25, 0.3) is 0 Å². The SMILES string of the molecule is CCCCCCCCCCCCCCCC(=O)Nc1ccc(C(N)=O)cc1. The molecule has 0 aliphatic rings. The van der Waals surface area contributed by atoms with Crippen molar-refractivity contribution in [2.75, 3.05) is 5.32 Å². The molecule has 0 unspecified atom stereocenters. The maximum absolute atomic E-state index is 11.9. The highest BCUT2D eigenvalue weighted by atomic mass is 16.1. The van der Waals surface area contributed by atoms with Crippen LogP contribution in [0.2, 0.25) is 0 Å². The highest BCUT2D eigenvalue weighted by molar-refractivity contribution is 5.94. The Labute approximate surface area is 165 Å². The number of carbonyl (C=O) groups excluding carboxylic acids is 2. The van der Waals surface area contributed by atoms with Crippen LogP contribution in [0, 0.1) is 0 Å². The van der Waals surface area contributed by atoms with Gasteiger partial charge in [-0.15, -0.1) is 0 Å². The highest BCUT2D eigenvalue weighted by Crippen LogP contribution is 2.14. The first-order chi connectivity index (χ1) is 13.1. The van der Waals surface area contributed by atoms with Gasteiger partial charge < -0.3 is 11.1 Å². The molecule has 0 bridgehead atoms. The van der Waals surface area contributed by atoms with E-state index in [2.05, 4.69) is 12.2 Å². The largest absolute Gasteiger partial charge is 0.366 e. The van der Waals surface area contributed by atoms with E-state index in [4.69, 9.17) is 5.73 Å². The standard InChI is InChI=1S/C23H38N2O2/c1-2-3-4-5-6-7-8-9-10-11-12-13-14-15-22(26)25-21-18-16-20(17-19-21)23(24)27/h16-19H,2-15H2,1H3,(H2,24,27)(H,25,26). The van der Waals surface area contributed by atoms with Crippen LogP contribution >= 0.6 is 0 Å². The van der Waals surface area contributed by atoms with Gasteiger partial charge in [0, 0.05) is 17.7 Å². The normalized spacial score (nSPS) is 10.7. The Morgan fingerprint density at radius 2 is 1.19 bits per heavy atom. The molecule has 1 aromatic rings. The van der Waals surface area contributed by atoms with Crippen molar-refractivity contribution in [1.29, 1.82) is 0 Å². The predicted molar refractivity (Wildman–Crippen MR) is 114 cm³/mol. The van der Waals surface area contributed by atoms with Crippen molar-refractivity contribution in [2.45, 2.75) is 96.8 Å². The summed E-state index contributed by atoms with van der Waals surface area (Å²) >= 11 is 0. The van der Waals surface area contributed by atoms with Crippen LogP contribution in [0.5, 0.6) is 0 Å². The Hall–Kier alpha value is -1.84. The first-order valence-corrected chi connectivity index (χ1v) is 10.8. The first kappa shape index (κ1) is 23.2. The van der Waals surface area contributed by atoms with E-state index in [9.17, 15) is 9.59 Å². The maximum Gasteiger partial charge on any atom is 0.248 e. The summed E-state index contributed by atoms with van der Waals surface area (Å²) in [4.78, 5) is 22.9. The summed E-state index contributed by atoms with van der Waals surface area (Å²) in [6.45, 7) is 2.26. The molecule has 2 amide bonds. The van der Waals surface area contributed by atoms with Crippen LogP contribution in [-0.4, -0.2) is 11.8 Å². The Kier molecular flexibility index (Phi) is 13.1. The quantitative estimate of drug-likeness (QED) is 0.338. The second kappa shape index (κ2) is 15.2. The van der Waals surface area contributed by atoms with Gasteiger partial charge in [0.2, 0.25) is 11.8 Å². The monoisotopic (exact) mass is 374 g/mol. The van der Waals surface area contributed by atoms with Crippen LogP contribution in [-0.2, 0) is 4.79 Å². The number of benzene rings is 1. The highest BCUT2D eigenvalue weighted by Gasteiger charge is 2.04. The van der Waals surface area contributed by atoms with Crippen molar-refractivity contribution in [3.05, 3.63) is 29.8 Å². The molecule has 0 spiro atoms. The second-order valence-corrected chi connectivity index (χ2v) is 7.48. The summed E-state index contributed by atoms with van der Waals surface area (Å²) in [5.41, 5.74) is 6.36. The van der Waals surface area contributed by atoms with Crippen LogP contribution in [0.1, 0.15) is 107 Å². The van der Waals surface area contributed by atoms with Crippen molar-refractivity contribution in [1.82, 2.24) is 0 Å². The smallest absolute Gasteiger partial charge is 0.248 e. The third-order valence-corrected chi connectivity index (χ3v) is 4.96. The van der Waals surface area contributed by atoms with Gasteiger partial charge in [0.05, 0.1) is 0 Å². The molecule has 0 heterocycles. The molecule has 0 fully saturated rings. The minimum atomic E-state index is -0.458. The average Bonchev–Trinajstić information content (AvgIpc) is 2.66. The van der Waals surface area contributed by atoms with Gasteiger partial charge in [0.1, 0.15) is 0 Å². The minimum Gasteiger partial charge on any atom is -0.366 e. The summed E-state index contributed by atoms with van der Waals surface area (Å²) < 4.78 is 0. The Balaban J connectivity index is 1.93.